The van der Waals surface area contributed by atoms with Crippen LogP contribution < -0.4 is 5.73 Å². The smallest absolute Gasteiger partial charge is 0.0948 e. The summed E-state index contributed by atoms with van der Waals surface area (Å²) in [4.78, 5) is 0. The van der Waals surface area contributed by atoms with Crippen molar-refractivity contribution < 1.29 is 5.11 Å². The highest BCUT2D eigenvalue weighted by Crippen LogP contribution is 2.20. The SMILES string of the molecule is CCCC(N)C(O)c1ccsc1. The summed E-state index contributed by atoms with van der Waals surface area (Å²) < 4.78 is 0. The maximum atomic E-state index is 9.69. The molecular weight excluding hydrogens is 170 g/mol. The third-order valence-electron chi connectivity index (χ3n) is 1.91. The molecule has 12 heavy (non-hydrogen) atoms. The molecular formula is C9H15NOS. The van der Waals surface area contributed by atoms with Gasteiger partial charge in [0, 0.05) is 6.04 Å². The first kappa shape index (κ1) is 9.71. The molecule has 0 aliphatic rings. The van der Waals surface area contributed by atoms with Gasteiger partial charge in [-0.2, -0.15) is 11.3 Å². The van der Waals surface area contributed by atoms with Gasteiger partial charge in [-0.25, -0.2) is 0 Å². The third-order valence-corrected chi connectivity index (χ3v) is 2.61. The van der Waals surface area contributed by atoms with E-state index in [1.54, 1.807) is 11.3 Å². The molecule has 3 heteroatoms. The standard InChI is InChI=1S/C9H15NOS/c1-2-3-8(10)9(11)7-4-5-12-6-7/h4-6,8-9,11H,2-3,10H2,1H3. The lowest BCUT2D eigenvalue weighted by atomic mass is 10.0. The van der Waals surface area contributed by atoms with Crippen LogP contribution in [-0.2, 0) is 0 Å². The Morgan fingerprint density at radius 2 is 2.42 bits per heavy atom. The number of aliphatic hydroxyl groups excluding tert-OH is 1. The van der Waals surface area contributed by atoms with Crippen LogP contribution in [0.5, 0.6) is 0 Å². The molecule has 68 valence electrons. The highest BCUT2D eigenvalue weighted by molar-refractivity contribution is 7.07. The van der Waals surface area contributed by atoms with Crippen LogP contribution in [0.15, 0.2) is 16.8 Å². The fraction of sp³-hybridized carbons (Fsp3) is 0.556. The zero-order valence-corrected chi connectivity index (χ0v) is 8.05. The number of thiophene rings is 1. The number of aliphatic hydroxyl groups is 1. The van der Waals surface area contributed by atoms with Crippen LogP contribution in [0, 0.1) is 0 Å². The van der Waals surface area contributed by atoms with Crippen molar-refractivity contribution in [3.63, 3.8) is 0 Å². The Labute approximate surface area is 77.0 Å². The van der Waals surface area contributed by atoms with E-state index in [2.05, 4.69) is 6.92 Å². The largest absolute Gasteiger partial charge is 0.387 e. The molecule has 0 saturated carbocycles. The molecule has 3 N–H and O–H groups in total. The van der Waals surface area contributed by atoms with Crippen molar-refractivity contribution in [3.05, 3.63) is 22.4 Å². The Bertz CT molecular complexity index is 210. The Kier molecular flexibility index (Phi) is 3.72. The molecule has 0 aliphatic heterocycles. The summed E-state index contributed by atoms with van der Waals surface area (Å²) in [7, 11) is 0. The molecule has 1 rings (SSSR count). The van der Waals surface area contributed by atoms with E-state index in [1.807, 2.05) is 16.8 Å². The summed E-state index contributed by atoms with van der Waals surface area (Å²) in [6, 6.07) is 1.80. The van der Waals surface area contributed by atoms with Gasteiger partial charge in [-0.3, -0.25) is 0 Å². The van der Waals surface area contributed by atoms with E-state index in [0.717, 1.165) is 18.4 Å². The number of rotatable bonds is 4. The maximum Gasteiger partial charge on any atom is 0.0948 e. The lowest BCUT2D eigenvalue weighted by molar-refractivity contribution is 0.142. The van der Waals surface area contributed by atoms with Gasteiger partial charge in [0.2, 0.25) is 0 Å². The molecule has 0 amide bonds. The molecule has 0 aromatic carbocycles. The van der Waals surface area contributed by atoms with Crippen LogP contribution in [0.1, 0.15) is 31.4 Å². The molecule has 1 heterocycles. The molecule has 0 saturated heterocycles. The van der Waals surface area contributed by atoms with Crippen molar-refractivity contribution in [1.29, 1.82) is 0 Å². The van der Waals surface area contributed by atoms with Gasteiger partial charge in [0.1, 0.15) is 0 Å². The Hall–Kier alpha value is -0.380. The first-order chi connectivity index (χ1) is 5.75. The molecule has 2 atom stereocenters. The average molecular weight is 185 g/mol. The van der Waals surface area contributed by atoms with E-state index in [-0.39, 0.29) is 6.04 Å². The number of nitrogens with two attached hydrogens (primary N) is 1. The zero-order chi connectivity index (χ0) is 8.97. The van der Waals surface area contributed by atoms with E-state index in [4.69, 9.17) is 5.73 Å². The average Bonchev–Trinajstić information content (AvgIpc) is 2.55. The predicted octanol–water partition coefficient (Wildman–Crippen LogP) is 1.91. The van der Waals surface area contributed by atoms with Gasteiger partial charge in [0.25, 0.3) is 0 Å². The molecule has 0 spiro atoms. The Morgan fingerprint density at radius 3 is 2.92 bits per heavy atom. The van der Waals surface area contributed by atoms with Crippen LogP contribution >= 0.6 is 11.3 Å². The molecule has 1 aromatic heterocycles. The van der Waals surface area contributed by atoms with Gasteiger partial charge in [-0.1, -0.05) is 13.3 Å². The Balaban J connectivity index is 2.53. The minimum Gasteiger partial charge on any atom is -0.387 e. The second-order valence-corrected chi connectivity index (χ2v) is 3.73. The topological polar surface area (TPSA) is 46.2 Å². The van der Waals surface area contributed by atoms with Gasteiger partial charge in [-0.15, -0.1) is 0 Å². The molecule has 0 aliphatic carbocycles. The highest BCUT2D eigenvalue weighted by atomic mass is 32.1. The second kappa shape index (κ2) is 4.60. The van der Waals surface area contributed by atoms with Gasteiger partial charge >= 0.3 is 0 Å². The summed E-state index contributed by atoms with van der Waals surface area (Å²) in [6.45, 7) is 2.07. The number of hydrogen-bond acceptors (Lipinski definition) is 3. The molecule has 0 radical (unpaired) electrons. The van der Waals surface area contributed by atoms with Crippen LogP contribution in [0.2, 0.25) is 0 Å². The van der Waals surface area contributed by atoms with Crippen LogP contribution in [0.4, 0.5) is 0 Å². The second-order valence-electron chi connectivity index (χ2n) is 2.95. The summed E-state index contributed by atoms with van der Waals surface area (Å²) in [5.41, 5.74) is 6.72. The van der Waals surface area contributed by atoms with Crippen molar-refractivity contribution in [2.75, 3.05) is 0 Å². The van der Waals surface area contributed by atoms with E-state index in [9.17, 15) is 5.11 Å². The van der Waals surface area contributed by atoms with E-state index in [1.165, 1.54) is 0 Å². The monoisotopic (exact) mass is 185 g/mol. The fourth-order valence-electron chi connectivity index (χ4n) is 1.18. The molecule has 1 aromatic rings. The van der Waals surface area contributed by atoms with E-state index in [0.29, 0.717) is 0 Å². The quantitative estimate of drug-likeness (QED) is 0.752. The van der Waals surface area contributed by atoms with Gasteiger partial charge in [0.15, 0.2) is 0 Å². The van der Waals surface area contributed by atoms with Crippen LogP contribution in [0.3, 0.4) is 0 Å². The molecule has 2 unspecified atom stereocenters. The summed E-state index contributed by atoms with van der Waals surface area (Å²) >= 11 is 1.59. The maximum absolute atomic E-state index is 9.69. The minimum atomic E-state index is -0.490. The summed E-state index contributed by atoms with van der Waals surface area (Å²) in [5, 5.41) is 13.6. The molecule has 0 bridgehead atoms. The predicted molar refractivity (Wildman–Crippen MR) is 52.2 cm³/mol. The molecule has 0 fully saturated rings. The van der Waals surface area contributed by atoms with Crippen molar-refractivity contribution in [3.8, 4) is 0 Å². The van der Waals surface area contributed by atoms with E-state index >= 15 is 0 Å². The van der Waals surface area contributed by atoms with Gasteiger partial charge in [0.05, 0.1) is 6.10 Å². The van der Waals surface area contributed by atoms with Gasteiger partial charge in [-0.05, 0) is 28.8 Å². The normalized spacial score (nSPS) is 15.9. The fourth-order valence-corrected chi connectivity index (χ4v) is 1.87. The summed E-state index contributed by atoms with van der Waals surface area (Å²) in [5.74, 6) is 0. The first-order valence-electron chi connectivity index (χ1n) is 4.21. The van der Waals surface area contributed by atoms with Crippen molar-refractivity contribution in [2.45, 2.75) is 31.9 Å². The van der Waals surface area contributed by atoms with Crippen molar-refractivity contribution in [2.24, 2.45) is 5.73 Å². The minimum absolute atomic E-state index is 0.121. The lowest BCUT2D eigenvalue weighted by Gasteiger charge is -2.16. The zero-order valence-electron chi connectivity index (χ0n) is 7.23. The third kappa shape index (κ3) is 2.30. The number of hydrogen-bond donors (Lipinski definition) is 2. The lowest BCUT2D eigenvalue weighted by Crippen LogP contribution is -2.27. The van der Waals surface area contributed by atoms with Crippen molar-refractivity contribution >= 4 is 11.3 Å². The Morgan fingerprint density at radius 1 is 1.67 bits per heavy atom. The van der Waals surface area contributed by atoms with Crippen molar-refractivity contribution in [1.82, 2.24) is 0 Å². The van der Waals surface area contributed by atoms with Gasteiger partial charge < -0.3 is 10.8 Å². The van der Waals surface area contributed by atoms with Crippen LogP contribution in [-0.4, -0.2) is 11.1 Å². The first-order valence-corrected chi connectivity index (χ1v) is 5.15. The highest BCUT2D eigenvalue weighted by Gasteiger charge is 2.15. The van der Waals surface area contributed by atoms with Crippen LogP contribution in [0.25, 0.3) is 0 Å². The molecule has 2 nitrogen and oxygen atoms in total. The summed E-state index contributed by atoms with van der Waals surface area (Å²) in [6.07, 6.45) is 1.40. The van der Waals surface area contributed by atoms with E-state index < -0.39 is 6.10 Å².